The van der Waals surface area contributed by atoms with E-state index in [0.29, 0.717) is 5.56 Å². The van der Waals surface area contributed by atoms with Gasteiger partial charge in [-0.15, -0.1) is 0 Å². The SMILES string of the molecule is CC(CC(=O)NC1CC=CCC1)(C(=O)O)c1ccccc1. The summed E-state index contributed by atoms with van der Waals surface area (Å²) in [5.74, 6) is -1.18. The maximum absolute atomic E-state index is 12.2. The third kappa shape index (κ3) is 3.72. The second-order valence-electron chi connectivity index (χ2n) is 5.73. The number of allylic oxidation sites excluding steroid dienone is 1. The molecule has 2 atom stereocenters. The van der Waals surface area contributed by atoms with Crippen LogP contribution in [0.25, 0.3) is 0 Å². The van der Waals surface area contributed by atoms with Crippen molar-refractivity contribution in [2.45, 2.75) is 44.1 Å². The predicted molar refractivity (Wildman–Crippen MR) is 81.0 cm³/mol. The van der Waals surface area contributed by atoms with Crippen LogP contribution >= 0.6 is 0 Å². The topological polar surface area (TPSA) is 66.4 Å². The molecule has 2 unspecified atom stereocenters. The lowest BCUT2D eigenvalue weighted by Gasteiger charge is -2.26. The summed E-state index contributed by atoms with van der Waals surface area (Å²) in [7, 11) is 0. The Bertz CT molecular complexity index is 538. The minimum Gasteiger partial charge on any atom is -0.481 e. The molecule has 0 aromatic heterocycles. The molecular formula is C17H21NO3. The van der Waals surface area contributed by atoms with Gasteiger partial charge in [0.25, 0.3) is 0 Å². The summed E-state index contributed by atoms with van der Waals surface area (Å²) in [5.41, 5.74) is -0.549. The molecule has 2 rings (SSSR count). The van der Waals surface area contributed by atoms with Gasteiger partial charge in [-0.1, -0.05) is 42.5 Å². The number of rotatable bonds is 5. The third-order valence-electron chi connectivity index (χ3n) is 4.03. The zero-order chi connectivity index (χ0) is 15.3. The van der Waals surface area contributed by atoms with Gasteiger partial charge in [-0.3, -0.25) is 9.59 Å². The molecule has 4 heteroatoms. The first kappa shape index (κ1) is 15.3. The number of carboxylic acid groups (broad SMARTS) is 1. The minimum absolute atomic E-state index is 0.0490. The molecule has 1 aromatic rings. The normalized spacial score (nSPS) is 20.5. The number of hydrogen-bond acceptors (Lipinski definition) is 2. The van der Waals surface area contributed by atoms with Crippen LogP contribution in [0.5, 0.6) is 0 Å². The van der Waals surface area contributed by atoms with Crippen LogP contribution in [0.1, 0.15) is 38.2 Å². The van der Waals surface area contributed by atoms with E-state index in [1.807, 2.05) is 6.07 Å². The Labute approximate surface area is 124 Å². The number of benzene rings is 1. The average Bonchev–Trinajstić information content (AvgIpc) is 2.48. The minimum atomic E-state index is -1.20. The average molecular weight is 287 g/mol. The van der Waals surface area contributed by atoms with E-state index in [1.165, 1.54) is 0 Å². The van der Waals surface area contributed by atoms with Crippen LogP contribution in [0.3, 0.4) is 0 Å². The largest absolute Gasteiger partial charge is 0.481 e. The summed E-state index contributed by atoms with van der Waals surface area (Å²) in [6.45, 7) is 1.60. The molecular weight excluding hydrogens is 266 g/mol. The fourth-order valence-electron chi connectivity index (χ4n) is 2.63. The Balaban J connectivity index is 2.07. The molecule has 0 radical (unpaired) electrons. The van der Waals surface area contributed by atoms with Crippen LogP contribution in [0.15, 0.2) is 42.5 Å². The zero-order valence-corrected chi connectivity index (χ0v) is 12.2. The molecule has 0 fully saturated rings. The summed E-state index contributed by atoms with van der Waals surface area (Å²) in [4.78, 5) is 23.9. The molecule has 1 aromatic carbocycles. The third-order valence-corrected chi connectivity index (χ3v) is 4.03. The van der Waals surface area contributed by atoms with E-state index in [2.05, 4.69) is 17.5 Å². The van der Waals surface area contributed by atoms with Gasteiger partial charge in [0.2, 0.25) is 5.91 Å². The Morgan fingerprint density at radius 3 is 2.57 bits per heavy atom. The van der Waals surface area contributed by atoms with E-state index in [9.17, 15) is 14.7 Å². The van der Waals surface area contributed by atoms with Crippen LogP contribution < -0.4 is 5.32 Å². The number of nitrogens with one attached hydrogen (secondary N) is 1. The predicted octanol–water partition coefficient (Wildman–Crippen LogP) is 2.64. The fourth-order valence-corrected chi connectivity index (χ4v) is 2.63. The van der Waals surface area contributed by atoms with Crippen molar-refractivity contribution in [3.05, 3.63) is 48.0 Å². The number of carbonyl (C=O) groups is 2. The van der Waals surface area contributed by atoms with Gasteiger partial charge in [-0.2, -0.15) is 0 Å². The first-order valence-corrected chi connectivity index (χ1v) is 7.25. The van der Waals surface area contributed by atoms with Crippen LogP contribution in [0.2, 0.25) is 0 Å². The van der Waals surface area contributed by atoms with E-state index in [-0.39, 0.29) is 18.4 Å². The number of aliphatic carboxylic acids is 1. The highest BCUT2D eigenvalue weighted by molar-refractivity contribution is 5.89. The summed E-state index contributed by atoms with van der Waals surface area (Å²) < 4.78 is 0. The van der Waals surface area contributed by atoms with Gasteiger partial charge in [0.05, 0.1) is 5.41 Å². The summed E-state index contributed by atoms with van der Waals surface area (Å²) in [6.07, 6.45) is 6.81. The van der Waals surface area contributed by atoms with Crippen molar-refractivity contribution < 1.29 is 14.7 Å². The van der Waals surface area contributed by atoms with Crippen LogP contribution in [-0.4, -0.2) is 23.0 Å². The van der Waals surface area contributed by atoms with Crippen molar-refractivity contribution in [1.29, 1.82) is 0 Å². The van der Waals surface area contributed by atoms with Gasteiger partial charge in [0.15, 0.2) is 0 Å². The Morgan fingerprint density at radius 2 is 2.00 bits per heavy atom. The molecule has 21 heavy (non-hydrogen) atoms. The van der Waals surface area contributed by atoms with Crippen LogP contribution in [0.4, 0.5) is 0 Å². The van der Waals surface area contributed by atoms with E-state index < -0.39 is 11.4 Å². The monoisotopic (exact) mass is 287 g/mol. The van der Waals surface area contributed by atoms with Crippen molar-refractivity contribution in [1.82, 2.24) is 5.32 Å². The lowest BCUT2D eigenvalue weighted by molar-refractivity contribution is -0.145. The quantitative estimate of drug-likeness (QED) is 0.818. The molecule has 0 heterocycles. The number of hydrogen-bond donors (Lipinski definition) is 2. The number of amides is 1. The van der Waals surface area contributed by atoms with Crippen LogP contribution in [0, 0.1) is 0 Å². The van der Waals surface area contributed by atoms with E-state index in [4.69, 9.17) is 0 Å². The van der Waals surface area contributed by atoms with Crippen molar-refractivity contribution >= 4 is 11.9 Å². The van der Waals surface area contributed by atoms with Gasteiger partial charge < -0.3 is 10.4 Å². The van der Waals surface area contributed by atoms with Crippen molar-refractivity contribution in [3.63, 3.8) is 0 Å². The van der Waals surface area contributed by atoms with Gasteiger partial charge >= 0.3 is 5.97 Å². The molecule has 2 N–H and O–H groups in total. The van der Waals surface area contributed by atoms with Gasteiger partial charge in [-0.05, 0) is 31.7 Å². The number of carboxylic acids is 1. The molecule has 1 aliphatic rings. The summed E-state index contributed by atoms with van der Waals surface area (Å²) in [6, 6.07) is 9.05. The highest BCUT2D eigenvalue weighted by Crippen LogP contribution is 2.28. The molecule has 112 valence electrons. The van der Waals surface area contributed by atoms with Crippen molar-refractivity contribution in [3.8, 4) is 0 Å². The van der Waals surface area contributed by atoms with Crippen molar-refractivity contribution in [2.75, 3.05) is 0 Å². The molecule has 0 saturated heterocycles. The molecule has 1 aliphatic carbocycles. The van der Waals surface area contributed by atoms with Gasteiger partial charge in [-0.25, -0.2) is 0 Å². The smallest absolute Gasteiger partial charge is 0.314 e. The Hall–Kier alpha value is -2.10. The highest BCUT2D eigenvalue weighted by atomic mass is 16.4. The maximum Gasteiger partial charge on any atom is 0.314 e. The number of carbonyl (C=O) groups excluding carboxylic acids is 1. The molecule has 1 amide bonds. The van der Waals surface area contributed by atoms with E-state index >= 15 is 0 Å². The first-order valence-electron chi connectivity index (χ1n) is 7.25. The molecule has 0 saturated carbocycles. The second kappa shape index (κ2) is 6.57. The summed E-state index contributed by atoms with van der Waals surface area (Å²) in [5, 5.41) is 12.5. The summed E-state index contributed by atoms with van der Waals surface area (Å²) >= 11 is 0. The molecule has 4 nitrogen and oxygen atoms in total. The van der Waals surface area contributed by atoms with Gasteiger partial charge in [0, 0.05) is 12.5 Å². The lowest BCUT2D eigenvalue weighted by Crippen LogP contribution is -2.42. The molecule has 0 bridgehead atoms. The highest BCUT2D eigenvalue weighted by Gasteiger charge is 2.37. The molecule has 0 spiro atoms. The second-order valence-corrected chi connectivity index (χ2v) is 5.73. The Morgan fingerprint density at radius 1 is 1.29 bits per heavy atom. The van der Waals surface area contributed by atoms with Crippen LogP contribution in [-0.2, 0) is 15.0 Å². The van der Waals surface area contributed by atoms with Crippen molar-refractivity contribution in [2.24, 2.45) is 0 Å². The first-order chi connectivity index (χ1) is 10.0. The van der Waals surface area contributed by atoms with E-state index in [1.54, 1.807) is 31.2 Å². The molecule has 0 aliphatic heterocycles. The maximum atomic E-state index is 12.2. The Kier molecular flexibility index (Phi) is 4.78. The lowest BCUT2D eigenvalue weighted by atomic mass is 9.79. The fraction of sp³-hybridized carbons (Fsp3) is 0.412. The standard InChI is InChI=1S/C17H21NO3/c1-17(16(20)21,13-8-4-2-5-9-13)12-15(19)18-14-10-6-3-7-11-14/h2-6,8-9,14H,7,10-12H2,1H3,(H,18,19)(H,20,21). The van der Waals surface area contributed by atoms with Gasteiger partial charge in [0.1, 0.15) is 0 Å². The zero-order valence-electron chi connectivity index (χ0n) is 12.2. The van der Waals surface area contributed by atoms with E-state index in [0.717, 1.165) is 19.3 Å².